The highest BCUT2D eigenvalue weighted by Gasteiger charge is 2.34. The molecule has 0 aromatic heterocycles. The first kappa shape index (κ1) is 16.1. The van der Waals surface area contributed by atoms with Gasteiger partial charge in [-0.1, -0.05) is 32.1 Å². The Morgan fingerprint density at radius 3 is 2.33 bits per heavy atom. The van der Waals surface area contributed by atoms with E-state index in [0.717, 1.165) is 32.2 Å². The second-order valence-electron chi connectivity index (χ2n) is 6.53. The summed E-state index contributed by atoms with van der Waals surface area (Å²) < 4.78 is 0. The molecule has 0 bridgehead atoms. The largest absolute Gasteiger partial charge is 0.399 e. The van der Waals surface area contributed by atoms with Gasteiger partial charge in [0.1, 0.15) is 0 Å². The number of hydrogen-bond acceptors (Lipinski definition) is 4. The van der Waals surface area contributed by atoms with Crippen molar-refractivity contribution < 1.29 is 4.79 Å². The maximum atomic E-state index is 12.9. The minimum Gasteiger partial charge on any atom is -0.399 e. The summed E-state index contributed by atoms with van der Waals surface area (Å²) in [6, 6.07) is 0.0361. The van der Waals surface area contributed by atoms with Gasteiger partial charge in [0.15, 0.2) is 0 Å². The lowest BCUT2D eigenvalue weighted by Gasteiger charge is -2.30. The van der Waals surface area contributed by atoms with Gasteiger partial charge in [0.05, 0.1) is 6.04 Å². The van der Waals surface area contributed by atoms with Crippen LogP contribution in [-0.2, 0) is 4.79 Å². The van der Waals surface area contributed by atoms with Gasteiger partial charge in [-0.05, 0) is 25.7 Å². The van der Waals surface area contributed by atoms with E-state index in [9.17, 15) is 4.79 Å². The molecule has 2 rings (SSSR count). The van der Waals surface area contributed by atoms with Crippen LogP contribution in [0.2, 0.25) is 0 Å². The zero-order chi connectivity index (χ0) is 15.2. The number of likely N-dealkylation sites (tertiary alicyclic amines) is 1. The summed E-state index contributed by atoms with van der Waals surface area (Å²) >= 11 is 0. The van der Waals surface area contributed by atoms with Crippen LogP contribution in [-0.4, -0.2) is 35.5 Å². The molecule has 1 amide bonds. The van der Waals surface area contributed by atoms with Crippen molar-refractivity contribution >= 4 is 5.91 Å². The number of nitrogens with two attached hydrogens (primary N) is 2. The molecule has 5 heteroatoms. The molecule has 1 atom stereocenters. The van der Waals surface area contributed by atoms with Crippen molar-refractivity contribution in [2.24, 2.45) is 17.5 Å². The van der Waals surface area contributed by atoms with E-state index in [4.69, 9.17) is 11.6 Å². The third-order valence-electron chi connectivity index (χ3n) is 4.73. The van der Waals surface area contributed by atoms with Gasteiger partial charge in [-0.15, -0.1) is 0 Å². The molecule has 1 aliphatic heterocycles. The predicted octanol–water partition coefficient (Wildman–Crippen LogP) is 1.94. The molecular weight excluding hydrogens is 264 g/mol. The van der Waals surface area contributed by atoms with Crippen LogP contribution < -0.4 is 11.6 Å². The van der Waals surface area contributed by atoms with Crippen molar-refractivity contribution in [1.29, 1.82) is 0 Å². The molecule has 2 aliphatic rings. The van der Waals surface area contributed by atoms with Crippen LogP contribution in [0.3, 0.4) is 0 Å². The van der Waals surface area contributed by atoms with E-state index in [1.54, 1.807) is 13.2 Å². The van der Waals surface area contributed by atoms with Gasteiger partial charge in [-0.3, -0.25) is 4.79 Å². The Morgan fingerprint density at radius 1 is 1.10 bits per heavy atom. The predicted molar refractivity (Wildman–Crippen MR) is 84.8 cm³/mol. The van der Waals surface area contributed by atoms with E-state index < -0.39 is 0 Å². The molecule has 2 fully saturated rings. The van der Waals surface area contributed by atoms with Crippen LogP contribution in [0.5, 0.6) is 0 Å². The van der Waals surface area contributed by atoms with Crippen molar-refractivity contribution in [3.8, 4) is 0 Å². The number of amides is 1. The SMILES string of the molecule is CN(N)/C=C(\N)C1CCCN1C(=O)C1CCCCCCC1. The lowest BCUT2D eigenvalue weighted by Crippen LogP contribution is -2.42. The smallest absolute Gasteiger partial charge is 0.226 e. The van der Waals surface area contributed by atoms with E-state index in [0.29, 0.717) is 11.6 Å². The zero-order valence-electron chi connectivity index (χ0n) is 13.3. The minimum atomic E-state index is 0.0361. The van der Waals surface area contributed by atoms with Crippen LogP contribution in [0.15, 0.2) is 11.9 Å². The van der Waals surface area contributed by atoms with Gasteiger partial charge in [0, 0.05) is 31.4 Å². The standard InChI is InChI=1S/C16H30N4O/c1-19(18)12-14(17)15-10-7-11-20(15)16(21)13-8-5-3-2-4-6-9-13/h12-13,15H,2-11,17-18H2,1H3/b14-12-. The molecular formula is C16H30N4O. The Kier molecular flexibility index (Phi) is 5.91. The van der Waals surface area contributed by atoms with E-state index in [1.165, 1.54) is 37.1 Å². The van der Waals surface area contributed by atoms with Crippen molar-refractivity contribution in [3.05, 3.63) is 11.9 Å². The molecule has 4 N–H and O–H groups in total. The van der Waals surface area contributed by atoms with Gasteiger partial charge in [-0.2, -0.15) is 0 Å². The third kappa shape index (κ3) is 4.37. The normalized spacial score (nSPS) is 25.5. The quantitative estimate of drug-likeness (QED) is 0.616. The van der Waals surface area contributed by atoms with Gasteiger partial charge in [-0.25, -0.2) is 5.84 Å². The van der Waals surface area contributed by atoms with Crippen molar-refractivity contribution in [1.82, 2.24) is 9.91 Å². The molecule has 5 nitrogen and oxygen atoms in total. The number of carbonyl (C=O) groups excluding carboxylic acids is 1. The molecule has 1 saturated carbocycles. The van der Waals surface area contributed by atoms with Crippen molar-refractivity contribution in [3.63, 3.8) is 0 Å². The summed E-state index contributed by atoms with van der Waals surface area (Å²) in [5, 5.41) is 1.46. The molecule has 21 heavy (non-hydrogen) atoms. The van der Waals surface area contributed by atoms with E-state index in [1.807, 2.05) is 4.90 Å². The molecule has 120 valence electrons. The number of hydrazine groups is 1. The van der Waals surface area contributed by atoms with E-state index >= 15 is 0 Å². The first-order valence-electron chi connectivity index (χ1n) is 8.35. The average Bonchev–Trinajstić information content (AvgIpc) is 2.85. The van der Waals surface area contributed by atoms with Crippen LogP contribution in [0.4, 0.5) is 0 Å². The monoisotopic (exact) mass is 294 g/mol. The highest BCUT2D eigenvalue weighted by Crippen LogP contribution is 2.29. The van der Waals surface area contributed by atoms with Gasteiger partial charge in [0.25, 0.3) is 0 Å². The molecule has 1 heterocycles. The summed E-state index contributed by atoms with van der Waals surface area (Å²) in [6.45, 7) is 0.836. The highest BCUT2D eigenvalue weighted by molar-refractivity contribution is 5.79. The van der Waals surface area contributed by atoms with Gasteiger partial charge >= 0.3 is 0 Å². The van der Waals surface area contributed by atoms with Crippen LogP contribution in [0.25, 0.3) is 0 Å². The van der Waals surface area contributed by atoms with Crippen LogP contribution in [0.1, 0.15) is 57.8 Å². The van der Waals surface area contributed by atoms with Crippen LogP contribution in [0, 0.1) is 5.92 Å². The Hall–Kier alpha value is -1.23. The minimum absolute atomic E-state index is 0.0361. The maximum absolute atomic E-state index is 12.9. The first-order chi connectivity index (χ1) is 10.1. The summed E-state index contributed by atoms with van der Waals surface area (Å²) in [5.74, 6) is 6.16. The number of nitrogens with zero attached hydrogens (tertiary/aromatic N) is 2. The molecule has 1 saturated heterocycles. The van der Waals surface area contributed by atoms with E-state index in [-0.39, 0.29) is 12.0 Å². The summed E-state index contributed by atoms with van der Waals surface area (Å²) in [7, 11) is 1.75. The molecule has 1 unspecified atom stereocenters. The molecule has 1 aliphatic carbocycles. The molecule has 0 aromatic rings. The number of carbonyl (C=O) groups is 1. The third-order valence-corrected chi connectivity index (χ3v) is 4.73. The van der Waals surface area contributed by atoms with Gasteiger partial charge in [0.2, 0.25) is 5.91 Å². The maximum Gasteiger partial charge on any atom is 0.226 e. The number of rotatable bonds is 3. The fraction of sp³-hybridized carbons (Fsp3) is 0.812. The lowest BCUT2D eigenvalue weighted by atomic mass is 9.90. The second kappa shape index (κ2) is 7.69. The topological polar surface area (TPSA) is 75.6 Å². The number of hydrogen-bond donors (Lipinski definition) is 2. The summed E-state index contributed by atoms with van der Waals surface area (Å²) in [6.07, 6.45) is 12.0. The van der Waals surface area contributed by atoms with Gasteiger partial charge < -0.3 is 15.6 Å². The van der Waals surface area contributed by atoms with E-state index in [2.05, 4.69) is 0 Å². The van der Waals surface area contributed by atoms with Crippen molar-refractivity contribution in [2.45, 2.75) is 63.8 Å². The average molecular weight is 294 g/mol. The molecule has 0 radical (unpaired) electrons. The molecule has 0 aromatic carbocycles. The fourth-order valence-electron chi connectivity index (χ4n) is 3.64. The Bertz CT molecular complexity index is 372. The summed E-state index contributed by atoms with van der Waals surface area (Å²) in [5.41, 5.74) is 6.84. The highest BCUT2D eigenvalue weighted by atomic mass is 16.2. The first-order valence-corrected chi connectivity index (χ1v) is 8.35. The van der Waals surface area contributed by atoms with Crippen molar-refractivity contribution in [2.75, 3.05) is 13.6 Å². The van der Waals surface area contributed by atoms with Crippen LogP contribution >= 0.6 is 0 Å². The fourth-order valence-corrected chi connectivity index (χ4v) is 3.64. The zero-order valence-corrected chi connectivity index (χ0v) is 13.3. The Morgan fingerprint density at radius 2 is 1.71 bits per heavy atom. The Labute approximate surface area is 128 Å². The summed E-state index contributed by atoms with van der Waals surface area (Å²) in [4.78, 5) is 14.9. The molecule has 0 spiro atoms. The lowest BCUT2D eigenvalue weighted by molar-refractivity contribution is -0.136. The second-order valence-corrected chi connectivity index (χ2v) is 6.53. The Balaban J connectivity index is 2.02.